The molecule has 1 amide bonds. The van der Waals surface area contributed by atoms with Gasteiger partial charge in [0.2, 0.25) is 0 Å². The Balaban J connectivity index is 1.87. The number of nitrogens with zero attached hydrogens (tertiary/aromatic N) is 1. The number of amides is 1. The number of aromatic nitrogens is 1. The number of carbonyl (C=O) groups is 1. The minimum Gasteiger partial charge on any atom is -0.497 e. The Kier molecular flexibility index (Phi) is 5.20. The fourth-order valence-electron chi connectivity index (χ4n) is 2.35. The normalized spacial score (nSPS) is 12.0. The molecule has 5 nitrogen and oxygen atoms in total. The Morgan fingerprint density at radius 1 is 1.32 bits per heavy atom. The fourth-order valence-corrected chi connectivity index (χ4v) is 2.35. The van der Waals surface area contributed by atoms with E-state index < -0.39 is 0 Å². The molecule has 2 aromatic rings. The van der Waals surface area contributed by atoms with Crippen LogP contribution in [-0.2, 0) is 6.42 Å². The van der Waals surface area contributed by atoms with Gasteiger partial charge in [0.15, 0.2) is 0 Å². The third-order valence-corrected chi connectivity index (χ3v) is 3.66. The molecule has 22 heavy (non-hydrogen) atoms. The summed E-state index contributed by atoms with van der Waals surface area (Å²) in [5, 5.41) is 6.80. The minimum absolute atomic E-state index is 0.0725. The lowest BCUT2D eigenvalue weighted by atomic mass is 10.1. The van der Waals surface area contributed by atoms with Gasteiger partial charge in [-0.15, -0.1) is 0 Å². The summed E-state index contributed by atoms with van der Waals surface area (Å²) in [6, 6.07) is 8.05. The zero-order valence-electron chi connectivity index (χ0n) is 13.5. The van der Waals surface area contributed by atoms with Gasteiger partial charge in [0, 0.05) is 6.04 Å². The topological polar surface area (TPSA) is 64.4 Å². The Morgan fingerprint density at radius 2 is 2.00 bits per heavy atom. The van der Waals surface area contributed by atoms with Crippen LogP contribution in [0.15, 0.2) is 28.8 Å². The Hall–Kier alpha value is -2.30. The summed E-state index contributed by atoms with van der Waals surface area (Å²) in [5.74, 6) is 1.28. The molecule has 0 bridgehead atoms. The summed E-state index contributed by atoms with van der Waals surface area (Å²) < 4.78 is 10.2. The predicted octanol–water partition coefficient (Wildman–Crippen LogP) is 3.05. The summed E-state index contributed by atoms with van der Waals surface area (Å²) in [5.41, 5.74) is 2.38. The van der Waals surface area contributed by atoms with Crippen LogP contribution in [0.25, 0.3) is 0 Å². The molecule has 0 spiro atoms. The molecule has 1 N–H and O–H groups in total. The Bertz CT molecular complexity index is 612. The number of hydrogen-bond donors (Lipinski definition) is 1. The molecule has 0 fully saturated rings. The number of carbonyl (C=O) groups excluding carboxylic acids is 1. The maximum Gasteiger partial charge on any atom is 0.256 e. The summed E-state index contributed by atoms with van der Waals surface area (Å²) >= 11 is 0. The van der Waals surface area contributed by atoms with Crippen molar-refractivity contribution in [3.63, 3.8) is 0 Å². The van der Waals surface area contributed by atoms with Gasteiger partial charge in [-0.25, -0.2) is 0 Å². The number of aryl methyl sites for hydroxylation is 3. The number of nitrogens with one attached hydrogen (secondary N) is 1. The molecule has 118 valence electrons. The van der Waals surface area contributed by atoms with Crippen molar-refractivity contribution in [2.45, 2.75) is 39.7 Å². The van der Waals surface area contributed by atoms with Gasteiger partial charge in [-0.2, -0.15) is 0 Å². The molecule has 1 aromatic heterocycles. The maximum absolute atomic E-state index is 12.2. The van der Waals surface area contributed by atoms with Crippen LogP contribution in [-0.4, -0.2) is 24.2 Å². The first-order valence-corrected chi connectivity index (χ1v) is 7.38. The number of hydrogen-bond acceptors (Lipinski definition) is 4. The second kappa shape index (κ2) is 7.11. The molecular weight excluding hydrogens is 280 g/mol. The van der Waals surface area contributed by atoms with E-state index in [1.54, 1.807) is 21.0 Å². The van der Waals surface area contributed by atoms with Crippen molar-refractivity contribution >= 4 is 5.91 Å². The lowest BCUT2D eigenvalue weighted by Crippen LogP contribution is -2.33. The fraction of sp³-hybridized carbons (Fsp3) is 0.412. The van der Waals surface area contributed by atoms with Gasteiger partial charge in [0.05, 0.1) is 12.8 Å². The Morgan fingerprint density at radius 3 is 2.55 bits per heavy atom. The first-order chi connectivity index (χ1) is 10.5. The summed E-state index contributed by atoms with van der Waals surface area (Å²) in [7, 11) is 1.65. The van der Waals surface area contributed by atoms with Gasteiger partial charge in [-0.3, -0.25) is 4.79 Å². The third-order valence-electron chi connectivity index (χ3n) is 3.66. The van der Waals surface area contributed by atoms with Crippen LogP contribution in [0.4, 0.5) is 0 Å². The van der Waals surface area contributed by atoms with E-state index in [1.165, 1.54) is 5.56 Å². The van der Waals surface area contributed by atoms with Crippen LogP contribution in [0.2, 0.25) is 0 Å². The van der Waals surface area contributed by atoms with Crippen molar-refractivity contribution in [2.24, 2.45) is 0 Å². The molecule has 0 saturated carbocycles. The van der Waals surface area contributed by atoms with Crippen LogP contribution >= 0.6 is 0 Å². The van der Waals surface area contributed by atoms with Gasteiger partial charge in [-0.1, -0.05) is 17.3 Å². The van der Waals surface area contributed by atoms with Crippen LogP contribution in [0.1, 0.15) is 40.7 Å². The van der Waals surface area contributed by atoms with Crippen molar-refractivity contribution in [1.82, 2.24) is 10.5 Å². The SMILES string of the molecule is COc1ccc(CC[C@H](C)NC(=O)c2c(C)noc2C)cc1. The van der Waals surface area contributed by atoms with E-state index >= 15 is 0 Å². The van der Waals surface area contributed by atoms with E-state index in [-0.39, 0.29) is 11.9 Å². The van der Waals surface area contributed by atoms with Gasteiger partial charge in [0.25, 0.3) is 5.91 Å². The first-order valence-electron chi connectivity index (χ1n) is 7.38. The summed E-state index contributed by atoms with van der Waals surface area (Å²) in [6.45, 7) is 5.52. The van der Waals surface area contributed by atoms with E-state index in [4.69, 9.17) is 9.26 Å². The number of methoxy groups -OCH3 is 1. The average molecular weight is 302 g/mol. The number of benzene rings is 1. The molecule has 1 aromatic carbocycles. The number of ether oxygens (including phenoxy) is 1. The van der Waals surface area contributed by atoms with Gasteiger partial charge in [0.1, 0.15) is 17.1 Å². The largest absolute Gasteiger partial charge is 0.497 e. The Labute approximate surface area is 130 Å². The number of rotatable bonds is 6. The summed E-state index contributed by atoms with van der Waals surface area (Å²) in [4.78, 5) is 12.2. The molecule has 0 radical (unpaired) electrons. The first kappa shape index (κ1) is 16.1. The van der Waals surface area contributed by atoms with Crippen molar-refractivity contribution in [2.75, 3.05) is 7.11 Å². The average Bonchev–Trinajstić information content (AvgIpc) is 2.84. The highest BCUT2D eigenvalue weighted by molar-refractivity contribution is 5.96. The predicted molar refractivity (Wildman–Crippen MR) is 84.2 cm³/mol. The molecule has 1 atom stereocenters. The molecule has 0 saturated heterocycles. The van der Waals surface area contributed by atoms with E-state index in [0.717, 1.165) is 18.6 Å². The van der Waals surface area contributed by atoms with Crippen LogP contribution in [0.5, 0.6) is 5.75 Å². The van der Waals surface area contributed by atoms with Crippen LogP contribution < -0.4 is 10.1 Å². The van der Waals surface area contributed by atoms with Crippen molar-refractivity contribution in [3.05, 3.63) is 46.8 Å². The quantitative estimate of drug-likeness (QED) is 0.890. The highest BCUT2D eigenvalue weighted by Crippen LogP contribution is 2.15. The monoisotopic (exact) mass is 302 g/mol. The van der Waals surface area contributed by atoms with Crippen molar-refractivity contribution in [1.29, 1.82) is 0 Å². The molecule has 1 heterocycles. The van der Waals surface area contributed by atoms with E-state index in [0.29, 0.717) is 17.0 Å². The van der Waals surface area contributed by atoms with Crippen LogP contribution in [0.3, 0.4) is 0 Å². The molecule has 2 rings (SSSR count). The lowest BCUT2D eigenvalue weighted by Gasteiger charge is -2.14. The lowest BCUT2D eigenvalue weighted by molar-refractivity contribution is 0.0936. The standard InChI is InChI=1S/C17H22N2O3/c1-11(5-6-14-7-9-15(21-4)10-8-14)18-17(20)16-12(2)19-22-13(16)3/h7-11H,5-6H2,1-4H3,(H,18,20)/t11-/m0/s1. The zero-order chi connectivity index (χ0) is 16.1. The molecular formula is C17H22N2O3. The second-order valence-corrected chi connectivity index (χ2v) is 5.46. The van der Waals surface area contributed by atoms with E-state index in [1.807, 2.05) is 31.2 Å². The molecule has 5 heteroatoms. The van der Waals surface area contributed by atoms with Crippen molar-refractivity contribution in [3.8, 4) is 5.75 Å². The smallest absolute Gasteiger partial charge is 0.256 e. The van der Waals surface area contributed by atoms with Gasteiger partial charge >= 0.3 is 0 Å². The van der Waals surface area contributed by atoms with Gasteiger partial charge < -0.3 is 14.6 Å². The minimum atomic E-state index is -0.126. The molecule has 0 aliphatic heterocycles. The highest BCUT2D eigenvalue weighted by atomic mass is 16.5. The van der Waals surface area contributed by atoms with Crippen LogP contribution in [0, 0.1) is 13.8 Å². The van der Waals surface area contributed by atoms with Gasteiger partial charge in [-0.05, 0) is 51.3 Å². The molecule has 0 aliphatic carbocycles. The van der Waals surface area contributed by atoms with Crippen molar-refractivity contribution < 1.29 is 14.1 Å². The highest BCUT2D eigenvalue weighted by Gasteiger charge is 2.18. The summed E-state index contributed by atoms with van der Waals surface area (Å²) in [6.07, 6.45) is 1.76. The zero-order valence-corrected chi connectivity index (χ0v) is 13.5. The van der Waals surface area contributed by atoms with E-state index in [9.17, 15) is 4.79 Å². The third kappa shape index (κ3) is 3.87. The molecule has 0 aliphatic rings. The maximum atomic E-state index is 12.2. The van der Waals surface area contributed by atoms with E-state index in [2.05, 4.69) is 10.5 Å². The molecule has 0 unspecified atom stereocenters. The second-order valence-electron chi connectivity index (χ2n) is 5.46.